The van der Waals surface area contributed by atoms with Gasteiger partial charge in [0, 0.05) is 11.6 Å². The van der Waals surface area contributed by atoms with Crippen LogP contribution in [0.2, 0.25) is 0 Å². The van der Waals surface area contributed by atoms with E-state index < -0.39 is 5.97 Å². The first-order chi connectivity index (χ1) is 7.49. The quantitative estimate of drug-likeness (QED) is 0.560. The van der Waals surface area contributed by atoms with Gasteiger partial charge in [0.15, 0.2) is 0 Å². The maximum atomic E-state index is 10.2. The van der Waals surface area contributed by atoms with Gasteiger partial charge in [-0.05, 0) is 12.8 Å². The number of ether oxygens (including phenoxy) is 1. The molecule has 4 nitrogen and oxygen atoms in total. The lowest BCUT2D eigenvalue weighted by Crippen LogP contribution is -1.99. The molecule has 0 aromatic heterocycles. The fourth-order valence-electron chi connectivity index (χ4n) is 0.670. The zero-order valence-corrected chi connectivity index (χ0v) is 9.99. The highest BCUT2D eigenvalue weighted by molar-refractivity contribution is 5.85. The molecule has 0 aliphatic carbocycles. The predicted octanol–water partition coefficient (Wildman–Crippen LogP) is 2.55. The van der Waals surface area contributed by atoms with Gasteiger partial charge in [-0.3, -0.25) is 0 Å². The van der Waals surface area contributed by atoms with Crippen molar-refractivity contribution in [3.63, 3.8) is 0 Å². The van der Waals surface area contributed by atoms with Crippen LogP contribution in [0.1, 0.15) is 33.1 Å². The Labute approximate surface area is 96.6 Å². The Hall–Kier alpha value is -1.58. The van der Waals surface area contributed by atoms with Crippen molar-refractivity contribution in [1.82, 2.24) is 0 Å². The van der Waals surface area contributed by atoms with Crippen LogP contribution in [0.15, 0.2) is 24.8 Å². The molecule has 0 aromatic carbocycles. The summed E-state index contributed by atoms with van der Waals surface area (Å²) in [6.45, 7) is 10.9. The summed E-state index contributed by atoms with van der Waals surface area (Å²) in [5.41, 5.74) is 0.299. The van der Waals surface area contributed by atoms with Gasteiger partial charge in [0.2, 0.25) is 0 Å². The molecule has 0 fully saturated rings. The summed E-state index contributed by atoms with van der Waals surface area (Å²) in [4.78, 5) is 20.2. The number of rotatable bonds is 6. The molecule has 0 aromatic rings. The van der Waals surface area contributed by atoms with Crippen molar-refractivity contribution in [3.8, 4) is 0 Å². The third-order valence-electron chi connectivity index (χ3n) is 1.47. The molecule has 16 heavy (non-hydrogen) atoms. The summed E-state index contributed by atoms with van der Waals surface area (Å²) in [5.74, 6) is -1.22. The predicted molar refractivity (Wildman–Crippen MR) is 63.1 cm³/mol. The lowest BCUT2D eigenvalue weighted by Gasteiger charge is -1.94. The van der Waals surface area contributed by atoms with Crippen molar-refractivity contribution >= 4 is 11.9 Å². The molecule has 0 amide bonds. The number of aliphatic carboxylic acids is 1. The molecule has 92 valence electrons. The van der Waals surface area contributed by atoms with E-state index in [9.17, 15) is 9.59 Å². The van der Waals surface area contributed by atoms with Gasteiger partial charge >= 0.3 is 11.9 Å². The number of carbonyl (C=O) groups excluding carboxylic acids is 1. The van der Waals surface area contributed by atoms with Crippen LogP contribution in [0.5, 0.6) is 0 Å². The second-order valence-corrected chi connectivity index (χ2v) is 3.03. The summed E-state index contributed by atoms with van der Waals surface area (Å²) in [7, 11) is 0. The fraction of sp³-hybridized carbons (Fsp3) is 0.500. The molecular weight excluding hydrogens is 208 g/mol. The van der Waals surface area contributed by atoms with Crippen LogP contribution in [-0.2, 0) is 14.3 Å². The molecule has 0 radical (unpaired) electrons. The first-order valence-corrected chi connectivity index (χ1v) is 5.19. The molecule has 0 saturated heterocycles. The van der Waals surface area contributed by atoms with E-state index in [1.165, 1.54) is 0 Å². The van der Waals surface area contributed by atoms with Gasteiger partial charge in [-0.1, -0.05) is 33.4 Å². The van der Waals surface area contributed by atoms with Gasteiger partial charge in [0.1, 0.15) is 0 Å². The largest absolute Gasteiger partial charge is 0.478 e. The summed E-state index contributed by atoms with van der Waals surface area (Å²) in [5, 5.41) is 8.21. The second kappa shape index (κ2) is 11.5. The third kappa shape index (κ3) is 12.4. The maximum Gasteiger partial charge on any atom is 0.330 e. The Bertz CT molecular complexity index is 241. The van der Waals surface area contributed by atoms with Crippen LogP contribution in [0, 0.1) is 0 Å². The van der Waals surface area contributed by atoms with E-state index in [0.717, 1.165) is 18.9 Å². The number of hydrogen-bond acceptors (Lipinski definition) is 3. The monoisotopic (exact) mass is 228 g/mol. The van der Waals surface area contributed by atoms with E-state index in [1.807, 2.05) is 13.8 Å². The van der Waals surface area contributed by atoms with E-state index >= 15 is 0 Å². The minimum atomic E-state index is -0.883. The van der Waals surface area contributed by atoms with Gasteiger partial charge in [-0.15, -0.1) is 0 Å². The van der Waals surface area contributed by atoms with Gasteiger partial charge in [-0.2, -0.15) is 0 Å². The van der Waals surface area contributed by atoms with E-state index in [0.29, 0.717) is 18.6 Å². The minimum Gasteiger partial charge on any atom is -0.478 e. The number of carboxylic acid groups (broad SMARTS) is 1. The molecule has 1 N–H and O–H groups in total. The maximum absolute atomic E-state index is 10.2. The highest BCUT2D eigenvalue weighted by Crippen LogP contribution is 1.99. The van der Waals surface area contributed by atoms with Crippen molar-refractivity contribution in [2.45, 2.75) is 33.1 Å². The Morgan fingerprint density at radius 2 is 1.88 bits per heavy atom. The van der Waals surface area contributed by atoms with E-state index in [2.05, 4.69) is 17.9 Å². The zero-order valence-electron chi connectivity index (χ0n) is 9.99. The minimum absolute atomic E-state index is 0.299. The molecule has 0 rings (SSSR count). The molecule has 4 heteroatoms. The van der Waals surface area contributed by atoms with Crippen molar-refractivity contribution in [3.05, 3.63) is 24.8 Å². The van der Waals surface area contributed by atoms with Crippen LogP contribution in [0.3, 0.4) is 0 Å². The molecule has 0 bridgehead atoms. The van der Waals surface area contributed by atoms with Crippen LogP contribution >= 0.6 is 0 Å². The molecule has 0 aliphatic rings. The molecule has 0 heterocycles. The van der Waals surface area contributed by atoms with Crippen molar-refractivity contribution in [1.29, 1.82) is 0 Å². The Morgan fingerprint density at radius 1 is 1.31 bits per heavy atom. The van der Waals surface area contributed by atoms with Crippen LogP contribution in [0.25, 0.3) is 0 Å². The summed E-state index contributed by atoms with van der Waals surface area (Å²) in [6, 6.07) is 0. The Morgan fingerprint density at radius 3 is 2.12 bits per heavy atom. The molecule has 0 aliphatic heterocycles. The van der Waals surface area contributed by atoms with Crippen molar-refractivity contribution in [2.24, 2.45) is 0 Å². The van der Waals surface area contributed by atoms with Gasteiger partial charge < -0.3 is 9.84 Å². The first kappa shape index (κ1) is 16.8. The molecule has 0 atom stereocenters. The van der Waals surface area contributed by atoms with Crippen molar-refractivity contribution in [2.75, 3.05) is 6.61 Å². The highest BCUT2D eigenvalue weighted by Gasteiger charge is 1.99. The number of carbonyl (C=O) groups is 2. The number of esters is 1. The van der Waals surface area contributed by atoms with Crippen LogP contribution < -0.4 is 0 Å². The van der Waals surface area contributed by atoms with E-state index in [-0.39, 0.29) is 5.97 Å². The summed E-state index contributed by atoms with van der Waals surface area (Å²) >= 11 is 0. The van der Waals surface area contributed by atoms with Crippen LogP contribution in [-0.4, -0.2) is 23.7 Å². The average Bonchev–Trinajstić information content (AvgIpc) is 2.27. The zero-order chi connectivity index (χ0) is 13.0. The molecule has 0 spiro atoms. The van der Waals surface area contributed by atoms with Gasteiger partial charge in [0.05, 0.1) is 6.61 Å². The summed E-state index contributed by atoms with van der Waals surface area (Å²) in [6.07, 6.45) is 3.47. The second-order valence-electron chi connectivity index (χ2n) is 3.03. The Balaban J connectivity index is 0. The fourth-order valence-corrected chi connectivity index (χ4v) is 0.670. The molecule has 0 saturated carbocycles. The number of carboxylic acids is 1. The Kier molecular flexibility index (Phi) is 12.1. The molecule has 0 unspecified atom stereocenters. The standard InChI is InChI=1S/2C6H10O2/c1-3-4-5(2)6(7)8;1-3-5-8-6(7)4-2/h2-4H2,1H3,(H,7,8);4H,2-3,5H2,1H3. The van der Waals surface area contributed by atoms with Gasteiger partial charge in [0.25, 0.3) is 0 Å². The lowest BCUT2D eigenvalue weighted by atomic mass is 10.2. The lowest BCUT2D eigenvalue weighted by molar-refractivity contribution is -0.137. The van der Waals surface area contributed by atoms with E-state index in [4.69, 9.17) is 5.11 Å². The third-order valence-corrected chi connectivity index (χ3v) is 1.47. The topological polar surface area (TPSA) is 63.6 Å². The number of hydrogen-bond donors (Lipinski definition) is 1. The van der Waals surface area contributed by atoms with Gasteiger partial charge in [-0.25, -0.2) is 9.59 Å². The van der Waals surface area contributed by atoms with E-state index in [1.54, 1.807) is 0 Å². The summed E-state index contributed by atoms with van der Waals surface area (Å²) < 4.78 is 4.58. The first-order valence-electron chi connectivity index (χ1n) is 5.19. The SMILES string of the molecule is C=C(CCC)C(=O)O.C=CC(=O)OCCC. The normalized spacial score (nSPS) is 8.38. The average molecular weight is 228 g/mol. The van der Waals surface area contributed by atoms with Crippen LogP contribution in [0.4, 0.5) is 0 Å². The van der Waals surface area contributed by atoms with Crippen molar-refractivity contribution < 1.29 is 19.4 Å². The molecular formula is C12H20O4. The highest BCUT2D eigenvalue weighted by atomic mass is 16.5. The smallest absolute Gasteiger partial charge is 0.330 e.